The van der Waals surface area contributed by atoms with E-state index in [1.54, 1.807) is 63.2 Å². The van der Waals surface area contributed by atoms with Gasteiger partial charge >= 0.3 is 11.9 Å². The van der Waals surface area contributed by atoms with Gasteiger partial charge in [-0.3, -0.25) is 19.1 Å². The number of para-hydroxylation sites is 1. The molecule has 0 saturated heterocycles. The molecule has 0 heterocycles. The van der Waals surface area contributed by atoms with Crippen molar-refractivity contribution in [3.8, 4) is 5.75 Å². The van der Waals surface area contributed by atoms with E-state index in [0.717, 1.165) is 10.5 Å². The zero-order valence-corrected chi connectivity index (χ0v) is 21.5. The number of carbonyl (C=O) groups excluding carboxylic acids is 2. The summed E-state index contributed by atoms with van der Waals surface area (Å²) in [6.45, 7) is 4.57. The first-order valence-electron chi connectivity index (χ1n) is 11.4. The van der Waals surface area contributed by atoms with Gasteiger partial charge in [-0.05, 0) is 62.7 Å². The predicted molar refractivity (Wildman–Crippen MR) is 138 cm³/mol. The van der Waals surface area contributed by atoms with E-state index in [4.69, 9.17) is 4.74 Å². The highest BCUT2D eigenvalue weighted by atomic mass is 32.2. The molecule has 0 atom stereocenters. The van der Waals surface area contributed by atoms with Gasteiger partial charge in [-0.25, -0.2) is 8.42 Å². The molecule has 9 nitrogen and oxygen atoms in total. The average molecular weight is 525 g/mol. The molecular formula is C27H28N2O7S. The number of aliphatic carboxylic acids is 1. The molecule has 1 amide bonds. The van der Waals surface area contributed by atoms with E-state index in [9.17, 15) is 27.9 Å². The first kappa shape index (κ1) is 27.4. The molecule has 0 aromatic heterocycles. The highest BCUT2D eigenvalue weighted by Gasteiger charge is 2.25. The second-order valence-electron chi connectivity index (χ2n) is 9.30. The van der Waals surface area contributed by atoms with E-state index in [0.29, 0.717) is 0 Å². The van der Waals surface area contributed by atoms with Crippen molar-refractivity contribution in [1.82, 2.24) is 4.90 Å². The molecule has 0 unspecified atom stereocenters. The normalized spacial score (nSPS) is 11.4. The molecular weight excluding hydrogens is 496 g/mol. The number of carbonyl (C=O) groups is 3. The van der Waals surface area contributed by atoms with Crippen molar-refractivity contribution in [3.05, 3.63) is 90.0 Å². The molecule has 0 spiro atoms. The maximum atomic E-state index is 13.3. The third-order valence-corrected chi connectivity index (χ3v) is 6.57. The van der Waals surface area contributed by atoms with Crippen LogP contribution in [0.2, 0.25) is 0 Å². The molecule has 3 rings (SSSR count). The first-order valence-corrected chi connectivity index (χ1v) is 12.8. The zero-order chi connectivity index (χ0) is 27.2. The summed E-state index contributed by atoms with van der Waals surface area (Å²) < 4.78 is 33.8. The molecule has 0 aliphatic carbocycles. The number of nitrogens with one attached hydrogen (secondary N) is 1. The Balaban J connectivity index is 1.84. The lowest BCUT2D eigenvalue weighted by Crippen LogP contribution is -2.35. The standard InChI is InChI=1S/C27H28N2O7S/c1-27(2,3)26(33)36-20-13-15-21(16-14-20)37(34,35)28-23-12-8-7-11-22(23)25(32)29(18-24(30)31)17-19-9-5-4-6-10-19/h4-16,28H,17-18H2,1-3H3,(H,30,31). The minimum absolute atomic E-state index is 0.000752. The third-order valence-electron chi connectivity index (χ3n) is 5.19. The summed E-state index contributed by atoms with van der Waals surface area (Å²) in [6, 6.07) is 20.1. The van der Waals surface area contributed by atoms with Crippen molar-refractivity contribution >= 4 is 33.6 Å². The largest absolute Gasteiger partial charge is 0.480 e. The molecule has 3 aromatic rings. The van der Waals surface area contributed by atoms with Gasteiger partial charge in [0.05, 0.1) is 21.6 Å². The molecule has 194 valence electrons. The number of nitrogens with zero attached hydrogens (tertiary/aromatic N) is 1. The highest BCUT2D eigenvalue weighted by molar-refractivity contribution is 7.92. The van der Waals surface area contributed by atoms with Gasteiger partial charge in [-0.1, -0.05) is 42.5 Å². The lowest BCUT2D eigenvalue weighted by Gasteiger charge is -2.22. The Hall–Kier alpha value is -4.18. The summed E-state index contributed by atoms with van der Waals surface area (Å²) in [5.41, 5.74) is -0.00186. The topological polar surface area (TPSA) is 130 Å². The molecule has 10 heteroatoms. The lowest BCUT2D eigenvalue weighted by atomic mass is 9.97. The van der Waals surface area contributed by atoms with Crippen molar-refractivity contribution in [3.63, 3.8) is 0 Å². The number of carboxylic acids is 1. The maximum Gasteiger partial charge on any atom is 0.323 e. The number of rotatable bonds is 9. The molecule has 37 heavy (non-hydrogen) atoms. The Kier molecular flexibility index (Phi) is 8.34. The van der Waals surface area contributed by atoms with Crippen molar-refractivity contribution in [2.75, 3.05) is 11.3 Å². The van der Waals surface area contributed by atoms with Gasteiger partial charge in [0, 0.05) is 6.54 Å². The molecule has 0 aliphatic rings. The molecule has 0 radical (unpaired) electrons. The Morgan fingerprint density at radius 1 is 0.892 bits per heavy atom. The Morgan fingerprint density at radius 3 is 2.08 bits per heavy atom. The van der Waals surface area contributed by atoms with Crippen molar-refractivity contribution in [2.24, 2.45) is 5.41 Å². The monoisotopic (exact) mass is 524 g/mol. The molecule has 2 N–H and O–H groups in total. The molecule has 3 aromatic carbocycles. The van der Waals surface area contributed by atoms with E-state index in [-0.39, 0.29) is 28.4 Å². The van der Waals surface area contributed by atoms with E-state index in [1.165, 1.54) is 36.4 Å². The van der Waals surface area contributed by atoms with Gasteiger partial charge < -0.3 is 14.7 Å². The molecule has 0 aliphatic heterocycles. The van der Waals surface area contributed by atoms with Gasteiger partial charge in [0.1, 0.15) is 12.3 Å². The van der Waals surface area contributed by atoms with Crippen LogP contribution in [0.5, 0.6) is 5.75 Å². The van der Waals surface area contributed by atoms with Gasteiger partial charge in [-0.2, -0.15) is 0 Å². The number of amides is 1. The minimum Gasteiger partial charge on any atom is -0.480 e. The summed E-state index contributed by atoms with van der Waals surface area (Å²) in [5, 5.41) is 9.35. The number of anilines is 1. The van der Waals surface area contributed by atoms with Crippen molar-refractivity contribution in [1.29, 1.82) is 0 Å². The summed E-state index contributed by atoms with van der Waals surface area (Å²) in [5.74, 6) is -2.11. The van der Waals surface area contributed by atoms with Crippen LogP contribution < -0.4 is 9.46 Å². The number of benzene rings is 3. The quantitative estimate of drug-likeness (QED) is 0.317. The van der Waals surface area contributed by atoms with Crippen LogP contribution in [0.15, 0.2) is 83.8 Å². The van der Waals surface area contributed by atoms with Gasteiger partial charge in [0.25, 0.3) is 15.9 Å². The van der Waals surface area contributed by atoms with Gasteiger partial charge in [-0.15, -0.1) is 0 Å². The Labute approximate surface area is 215 Å². The fourth-order valence-corrected chi connectivity index (χ4v) is 4.33. The average Bonchev–Trinajstić information content (AvgIpc) is 2.83. The summed E-state index contributed by atoms with van der Waals surface area (Å²) in [4.78, 5) is 37.9. The smallest absolute Gasteiger partial charge is 0.323 e. The number of sulfonamides is 1. The summed E-state index contributed by atoms with van der Waals surface area (Å²) in [6.07, 6.45) is 0. The number of hydrogen-bond donors (Lipinski definition) is 2. The second-order valence-corrected chi connectivity index (χ2v) is 11.0. The van der Waals surface area contributed by atoms with Crippen LogP contribution in [-0.4, -0.2) is 42.8 Å². The number of carboxylic acid groups (broad SMARTS) is 1. The molecule has 0 saturated carbocycles. The Morgan fingerprint density at radius 2 is 1.49 bits per heavy atom. The number of esters is 1. The molecule has 0 bridgehead atoms. The predicted octanol–water partition coefficient (Wildman–Crippen LogP) is 4.17. The van der Waals surface area contributed by atoms with Crippen LogP contribution in [0.1, 0.15) is 36.7 Å². The highest BCUT2D eigenvalue weighted by Crippen LogP contribution is 2.25. The van der Waals surface area contributed by atoms with Crippen molar-refractivity contribution < 1.29 is 32.6 Å². The molecule has 0 fully saturated rings. The summed E-state index contributed by atoms with van der Waals surface area (Å²) in [7, 11) is -4.13. The van der Waals surface area contributed by atoms with Gasteiger partial charge in [0.2, 0.25) is 0 Å². The summed E-state index contributed by atoms with van der Waals surface area (Å²) >= 11 is 0. The minimum atomic E-state index is -4.13. The van der Waals surface area contributed by atoms with E-state index in [2.05, 4.69) is 4.72 Å². The maximum absolute atomic E-state index is 13.3. The zero-order valence-electron chi connectivity index (χ0n) is 20.7. The first-order chi connectivity index (χ1) is 17.4. The van der Waals surface area contributed by atoms with Crippen molar-refractivity contribution in [2.45, 2.75) is 32.2 Å². The van der Waals surface area contributed by atoms with Crippen LogP contribution in [0.4, 0.5) is 5.69 Å². The van der Waals surface area contributed by atoms with Crippen LogP contribution in [0.25, 0.3) is 0 Å². The number of hydrogen-bond acceptors (Lipinski definition) is 6. The van der Waals surface area contributed by atoms with E-state index < -0.39 is 39.8 Å². The second kappa shape index (κ2) is 11.3. The fraction of sp³-hybridized carbons (Fsp3) is 0.222. The van der Waals surface area contributed by atoms with Gasteiger partial charge in [0.15, 0.2) is 0 Å². The van der Waals surface area contributed by atoms with E-state index in [1.807, 2.05) is 0 Å². The van der Waals surface area contributed by atoms with E-state index >= 15 is 0 Å². The number of ether oxygens (including phenoxy) is 1. The Bertz CT molecular complexity index is 1380. The lowest BCUT2D eigenvalue weighted by molar-refractivity contribution is -0.143. The van der Waals surface area contributed by atoms with Crippen LogP contribution in [-0.2, 0) is 26.2 Å². The van der Waals surface area contributed by atoms with Crippen LogP contribution in [0.3, 0.4) is 0 Å². The van der Waals surface area contributed by atoms with Crippen LogP contribution >= 0.6 is 0 Å². The SMILES string of the molecule is CC(C)(C)C(=O)Oc1ccc(S(=O)(=O)Nc2ccccc2C(=O)N(CC(=O)O)Cc2ccccc2)cc1. The fourth-order valence-electron chi connectivity index (χ4n) is 3.25. The van der Waals surface area contributed by atoms with Crippen LogP contribution in [0, 0.1) is 5.41 Å². The third kappa shape index (κ3) is 7.40.